The maximum atomic E-state index is 12.6. The van der Waals surface area contributed by atoms with Gasteiger partial charge in [0, 0.05) is 13.2 Å². The van der Waals surface area contributed by atoms with E-state index < -0.39 is 17.9 Å². The van der Waals surface area contributed by atoms with Crippen molar-refractivity contribution in [2.24, 2.45) is 11.3 Å². The number of allylic oxidation sites excluding steroid dienone is 1. The Kier molecular flexibility index (Phi) is 16.5. The Morgan fingerprint density at radius 2 is 1.37 bits per heavy atom. The molecule has 0 saturated heterocycles. The van der Waals surface area contributed by atoms with E-state index in [1.54, 1.807) is 0 Å². The molecular formula is C24H44O6. The molecule has 0 aromatic rings. The summed E-state index contributed by atoms with van der Waals surface area (Å²) in [4.78, 5) is 24.8. The summed E-state index contributed by atoms with van der Waals surface area (Å²) in [6.45, 7) is 15.0. The van der Waals surface area contributed by atoms with Crippen LogP contribution in [0.1, 0.15) is 80.1 Å². The second-order valence-corrected chi connectivity index (χ2v) is 8.88. The van der Waals surface area contributed by atoms with Crippen LogP contribution >= 0.6 is 0 Å². The summed E-state index contributed by atoms with van der Waals surface area (Å²) in [7, 11) is 0. The van der Waals surface area contributed by atoms with E-state index in [4.69, 9.17) is 18.9 Å². The molecule has 0 amide bonds. The third-order valence-electron chi connectivity index (χ3n) is 4.23. The van der Waals surface area contributed by atoms with Crippen molar-refractivity contribution >= 4 is 11.9 Å². The van der Waals surface area contributed by atoms with Gasteiger partial charge in [0.15, 0.2) is 0 Å². The number of hydrogen-bond donors (Lipinski definition) is 0. The molecule has 1 atom stereocenters. The van der Waals surface area contributed by atoms with Gasteiger partial charge in [-0.2, -0.15) is 0 Å². The minimum atomic E-state index is -0.656. The van der Waals surface area contributed by atoms with Gasteiger partial charge in [-0.3, -0.25) is 9.59 Å². The summed E-state index contributed by atoms with van der Waals surface area (Å²) in [6, 6.07) is 0. The predicted molar refractivity (Wildman–Crippen MR) is 119 cm³/mol. The van der Waals surface area contributed by atoms with E-state index >= 15 is 0 Å². The van der Waals surface area contributed by atoms with Crippen molar-refractivity contribution in [1.82, 2.24) is 0 Å². The van der Waals surface area contributed by atoms with Gasteiger partial charge in [-0.25, -0.2) is 0 Å². The molecule has 0 rings (SSSR count). The molecule has 0 aromatic heterocycles. The number of hydrogen-bond acceptors (Lipinski definition) is 6. The van der Waals surface area contributed by atoms with Crippen molar-refractivity contribution in [3.8, 4) is 0 Å². The summed E-state index contributed by atoms with van der Waals surface area (Å²) in [5.74, 6) is -1.50. The van der Waals surface area contributed by atoms with Crippen molar-refractivity contribution in [3.05, 3.63) is 11.6 Å². The lowest BCUT2D eigenvalue weighted by Gasteiger charge is -2.20. The first-order valence-electron chi connectivity index (χ1n) is 11.3. The summed E-state index contributed by atoms with van der Waals surface area (Å²) in [6.07, 6.45) is 6.73. The minimum absolute atomic E-state index is 0.0357. The summed E-state index contributed by atoms with van der Waals surface area (Å²) < 4.78 is 21.4. The smallest absolute Gasteiger partial charge is 0.313 e. The third-order valence-corrected chi connectivity index (χ3v) is 4.23. The third kappa shape index (κ3) is 17.5. The second kappa shape index (κ2) is 17.3. The van der Waals surface area contributed by atoms with Crippen LogP contribution in [-0.4, -0.2) is 51.6 Å². The predicted octanol–water partition coefficient (Wildman–Crippen LogP) is 5.10. The Labute approximate surface area is 183 Å². The molecule has 0 aromatic carbocycles. The van der Waals surface area contributed by atoms with Crippen LogP contribution in [0.2, 0.25) is 0 Å². The summed E-state index contributed by atoms with van der Waals surface area (Å²) >= 11 is 0. The molecule has 0 aliphatic carbocycles. The van der Waals surface area contributed by atoms with Crippen molar-refractivity contribution in [2.45, 2.75) is 80.1 Å². The van der Waals surface area contributed by atoms with E-state index in [1.165, 1.54) is 0 Å². The van der Waals surface area contributed by atoms with Gasteiger partial charge in [0.1, 0.15) is 13.2 Å². The summed E-state index contributed by atoms with van der Waals surface area (Å²) in [5.41, 5.74) is 1.15. The lowest BCUT2D eigenvalue weighted by Crippen LogP contribution is -2.23. The number of rotatable bonds is 17. The second-order valence-electron chi connectivity index (χ2n) is 8.88. The van der Waals surface area contributed by atoms with E-state index in [1.807, 2.05) is 13.0 Å². The first-order chi connectivity index (χ1) is 14.2. The summed E-state index contributed by atoms with van der Waals surface area (Å²) in [5, 5.41) is 0. The molecule has 0 aliphatic heterocycles. The SMILES string of the molecule is CCCCOCCOC(=O)CC(/C=C(/C)CC(C)(C)C)C(=O)OCCOCCCC. The highest BCUT2D eigenvalue weighted by atomic mass is 16.6. The van der Waals surface area contributed by atoms with E-state index in [0.717, 1.165) is 37.7 Å². The highest BCUT2D eigenvalue weighted by Crippen LogP contribution is 2.25. The van der Waals surface area contributed by atoms with Crippen LogP contribution in [0.4, 0.5) is 0 Å². The zero-order valence-electron chi connectivity index (χ0n) is 20.1. The van der Waals surface area contributed by atoms with Crippen LogP contribution in [0.15, 0.2) is 11.6 Å². The van der Waals surface area contributed by atoms with Crippen molar-refractivity contribution in [3.63, 3.8) is 0 Å². The number of esters is 2. The number of ether oxygens (including phenoxy) is 4. The molecule has 0 N–H and O–H groups in total. The maximum absolute atomic E-state index is 12.6. The molecule has 30 heavy (non-hydrogen) atoms. The highest BCUT2D eigenvalue weighted by molar-refractivity contribution is 5.81. The van der Waals surface area contributed by atoms with Crippen LogP contribution in [-0.2, 0) is 28.5 Å². The number of unbranched alkanes of at least 4 members (excludes halogenated alkanes) is 2. The average molecular weight is 429 g/mol. The van der Waals surface area contributed by atoms with Gasteiger partial charge in [-0.1, -0.05) is 59.1 Å². The number of carbonyl (C=O) groups is 2. The van der Waals surface area contributed by atoms with Crippen molar-refractivity contribution < 1.29 is 28.5 Å². The Morgan fingerprint density at radius 3 is 1.87 bits per heavy atom. The molecule has 6 nitrogen and oxygen atoms in total. The molecule has 0 aliphatic rings. The van der Waals surface area contributed by atoms with Crippen molar-refractivity contribution in [2.75, 3.05) is 39.6 Å². The molecule has 0 spiro atoms. The van der Waals surface area contributed by atoms with Gasteiger partial charge in [-0.15, -0.1) is 0 Å². The van der Waals surface area contributed by atoms with Crippen molar-refractivity contribution in [1.29, 1.82) is 0 Å². The average Bonchev–Trinajstić information content (AvgIpc) is 2.65. The lowest BCUT2D eigenvalue weighted by molar-refractivity contribution is -0.155. The van der Waals surface area contributed by atoms with Crippen LogP contribution in [0, 0.1) is 11.3 Å². The fourth-order valence-electron chi connectivity index (χ4n) is 2.91. The molecule has 0 saturated carbocycles. The van der Waals surface area contributed by atoms with E-state index in [0.29, 0.717) is 26.4 Å². The molecule has 0 radical (unpaired) electrons. The maximum Gasteiger partial charge on any atom is 0.313 e. The zero-order valence-corrected chi connectivity index (χ0v) is 20.1. The Balaban J connectivity index is 4.65. The van der Waals surface area contributed by atoms with Crippen LogP contribution < -0.4 is 0 Å². The first kappa shape index (κ1) is 28.6. The lowest BCUT2D eigenvalue weighted by atomic mass is 9.87. The van der Waals surface area contributed by atoms with Gasteiger partial charge in [-0.05, 0) is 31.6 Å². The Hall–Kier alpha value is -1.40. The first-order valence-corrected chi connectivity index (χ1v) is 11.3. The molecule has 0 heterocycles. The van der Waals surface area contributed by atoms with E-state index in [2.05, 4.69) is 34.6 Å². The number of carbonyl (C=O) groups excluding carboxylic acids is 2. The van der Waals surface area contributed by atoms with Crippen LogP contribution in [0.25, 0.3) is 0 Å². The van der Waals surface area contributed by atoms with Gasteiger partial charge >= 0.3 is 11.9 Å². The standard InChI is InChI=1S/C24H44O6/c1-7-9-11-27-13-15-29-22(25)18-21(17-20(3)19-24(4,5)6)23(26)30-16-14-28-12-10-8-2/h17,21H,7-16,18-19H2,1-6H3/b20-17-. The van der Waals surface area contributed by atoms with Gasteiger partial charge < -0.3 is 18.9 Å². The molecule has 6 heteroatoms. The monoisotopic (exact) mass is 428 g/mol. The topological polar surface area (TPSA) is 71.1 Å². The van der Waals surface area contributed by atoms with E-state index in [9.17, 15) is 9.59 Å². The van der Waals surface area contributed by atoms with E-state index in [-0.39, 0.29) is 25.0 Å². The fraction of sp³-hybridized carbons (Fsp3) is 0.833. The molecule has 1 unspecified atom stereocenters. The van der Waals surface area contributed by atoms with Gasteiger partial charge in [0.2, 0.25) is 0 Å². The molecule has 0 fully saturated rings. The minimum Gasteiger partial charge on any atom is -0.463 e. The Bertz CT molecular complexity index is 492. The van der Waals surface area contributed by atoms with Gasteiger partial charge in [0.05, 0.1) is 25.6 Å². The Morgan fingerprint density at radius 1 is 0.833 bits per heavy atom. The normalized spacial score (nSPS) is 13.2. The highest BCUT2D eigenvalue weighted by Gasteiger charge is 2.23. The molecule has 176 valence electrons. The largest absolute Gasteiger partial charge is 0.463 e. The fourth-order valence-corrected chi connectivity index (χ4v) is 2.91. The van der Waals surface area contributed by atoms with Crippen LogP contribution in [0.3, 0.4) is 0 Å². The zero-order chi connectivity index (χ0) is 22.8. The van der Waals surface area contributed by atoms with Gasteiger partial charge in [0.25, 0.3) is 0 Å². The molecular weight excluding hydrogens is 384 g/mol. The van der Waals surface area contributed by atoms with Crippen LogP contribution in [0.5, 0.6) is 0 Å². The quantitative estimate of drug-likeness (QED) is 0.182. The molecule has 0 bridgehead atoms.